The summed E-state index contributed by atoms with van der Waals surface area (Å²) >= 11 is 0. The van der Waals surface area contributed by atoms with Crippen LogP contribution in [0.2, 0.25) is 0 Å². The van der Waals surface area contributed by atoms with Crippen molar-refractivity contribution in [2.45, 2.75) is 19.4 Å². The molecular formula is C8H8F3NO3S. The smallest absolute Gasteiger partial charge is 0.355 e. The first-order valence-electron chi connectivity index (χ1n) is 4.08. The number of hydrogen-bond donors (Lipinski definition) is 0. The van der Waals surface area contributed by atoms with Crippen molar-refractivity contribution in [2.75, 3.05) is 0 Å². The predicted octanol–water partition coefficient (Wildman–Crippen LogP) is 1.93. The molecule has 1 rings (SSSR count). The molecule has 0 saturated carbocycles. The van der Waals surface area contributed by atoms with Crippen LogP contribution in [0, 0.1) is 13.8 Å². The van der Waals surface area contributed by atoms with Crippen LogP contribution in [0.25, 0.3) is 0 Å². The van der Waals surface area contributed by atoms with Gasteiger partial charge in [-0.05, 0) is 19.4 Å². The van der Waals surface area contributed by atoms with Gasteiger partial charge in [-0.2, -0.15) is 21.6 Å². The topological polar surface area (TPSA) is 56.3 Å². The molecule has 0 aliphatic heterocycles. The second kappa shape index (κ2) is 3.93. The van der Waals surface area contributed by atoms with Gasteiger partial charge in [0.05, 0.1) is 0 Å². The number of hydrogen-bond acceptors (Lipinski definition) is 4. The van der Waals surface area contributed by atoms with Gasteiger partial charge in [0.1, 0.15) is 0 Å². The molecule has 1 heterocycles. The molecule has 1 aromatic rings. The Kier molecular flexibility index (Phi) is 3.13. The summed E-state index contributed by atoms with van der Waals surface area (Å²) in [5.74, 6) is -0.597. The molecule has 0 unspecified atom stereocenters. The largest absolute Gasteiger partial charge is 0.534 e. The molecule has 0 bridgehead atoms. The van der Waals surface area contributed by atoms with E-state index >= 15 is 0 Å². The van der Waals surface area contributed by atoms with Crippen LogP contribution in [0.5, 0.6) is 5.88 Å². The van der Waals surface area contributed by atoms with Crippen LogP contribution in [0.15, 0.2) is 12.1 Å². The summed E-state index contributed by atoms with van der Waals surface area (Å²) in [6.45, 7) is 3.22. The number of nitrogens with zero attached hydrogens (tertiary/aromatic N) is 1. The molecular weight excluding hydrogens is 247 g/mol. The molecule has 0 fully saturated rings. The number of rotatable bonds is 2. The highest BCUT2D eigenvalue weighted by molar-refractivity contribution is 7.87. The minimum Gasteiger partial charge on any atom is -0.355 e. The molecule has 0 radical (unpaired) electrons. The molecule has 0 aromatic carbocycles. The van der Waals surface area contributed by atoms with E-state index < -0.39 is 21.5 Å². The first kappa shape index (κ1) is 12.8. The molecule has 1 aromatic heterocycles. The molecule has 0 aliphatic rings. The lowest BCUT2D eigenvalue weighted by Crippen LogP contribution is -2.28. The summed E-state index contributed by atoms with van der Waals surface area (Å²) in [7, 11) is -5.64. The van der Waals surface area contributed by atoms with Gasteiger partial charge >= 0.3 is 15.6 Å². The third-order valence-electron chi connectivity index (χ3n) is 1.80. The first-order valence-corrected chi connectivity index (χ1v) is 5.49. The maximum atomic E-state index is 12.0. The zero-order chi connectivity index (χ0) is 12.6. The Morgan fingerprint density at radius 2 is 1.81 bits per heavy atom. The van der Waals surface area contributed by atoms with E-state index in [1.54, 1.807) is 6.92 Å². The van der Waals surface area contributed by atoms with E-state index in [2.05, 4.69) is 9.17 Å². The van der Waals surface area contributed by atoms with Crippen molar-refractivity contribution in [1.82, 2.24) is 4.98 Å². The quantitative estimate of drug-likeness (QED) is 0.598. The van der Waals surface area contributed by atoms with Gasteiger partial charge in [0.25, 0.3) is 0 Å². The van der Waals surface area contributed by atoms with Gasteiger partial charge in [0.15, 0.2) is 0 Å². The Hall–Kier alpha value is -1.31. The average Bonchev–Trinajstić information content (AvgIpc) is 2.09. The van der Waals surface area contributed by atoms with Crippen LogP contribution >= 0.6 is 0 Å². The third-order valence-corrected chi connectivity index (χ3v) is 2.76. The SMILES string of the molecule is Cc1ccc(OS(=O)(=O)C(F)(F)F)nc1C. The van der Waals surface area contributed by atoms with Crippen LogP contribution < -0.4 is 4.18 Å². The first-order chi connectivity index (χ1) is 7.13. The van der Waals surface area contributed by atoms with Gasteiger partial charge in [-0.15, -0.1) is 0 Å². The van der Waals surface area contributed by atoms with Crippen LogP contribution in [0.1, 0.15) is 11.3 Å². The standard InChI is InChI=1S/C8H8F3NO3S/c1-5-3-4-7(12-6(5)2)15-16(13,14)8(9,10)11/h3-4H,1-2H3. The number of aromatic nitrogens is 1. The average molecular weight is 255 g/mol. The Morgan fingerprint density at radius 1 is 1.25 bits per heavy atom. The zero-order valence-electron chi connectivity index (χ0n) is 8.37. The van der Waals surface area contributed by atoms with Gasteiger partial charge in [0, 0.05) is 11.8 Å². The highest BCUT2D eigenvalue weighted by Crippen LogP contribution is 2.26. The maximum absolute atomic E-state index is 12.0. The molecule has 90 valence electrons. The van der Waals surface area contributed by atoms with E-state index in [4.69, 9.17) is 0 Å². The Morgan fingerprint density at radius 3 is 2.25 bits per heavy atom. The van der Waals surface area contributed by atoms with Crippen LogP contribution in [-0.2, 0) is 10.1 Å². The minimum absolute atomic E-state index is 0.398. The number of halogens is 3. The van der Waals surface area contributed by atoms with E-state index in [1.807, 2.05) is 0 Å². The molecule has 0 spiro atoms. The lowest BCUT2D eigenvalue weighted by atomic mass is 10.2. The lowest BCUT2D eigenvalue weighted by molar-refractivity contribution is -0.0501. The van der Waals surface area contributed by atoms with Crippen molar-refractivity contribution in [3.63, 3.8) is 0 Å². The molecule has 8 heteroatoms. The molecule has 0 N–H and O–H groups in total. The molecule has 4 nitrogen and oxygen atoms in total. The van der Waals surface area contributed by atoms with Crippen molar-refractivity contribution < 1.29 is 25.8 Å². The summed E-state index contributed by atoms with van der Waals surface area (Å²) < 4.78 is 61.0. The molecule has 0 atom stereocenters. The van der Waals surface area contributed by atoms with Crippen LogP contribution in [0.4, 0.5) is 13.2 Å². The van der Waals surface area contributed by atoms with E-state index in [9.17, 15) is 21.6 Å². The minimum atomic E-state index is -5.64. The molecule has 0 amide bonds. The summed E-state index contributed by atoms with van der Waals surface area (Å²) in [5.41, 5.74) is -4.33. The van der Waals surface area contributed by atoms with E-state index in [0.29, 0.717) is 5.69 Å². The Balaban J connectivity index is 3.03. The number of aryl methyl sites for hydroxylation is 2. The van der Waals surface area contributed by atoms with Gasteiger partial charge in [-0.25, -0.2) is 4.98 Å². The van der Waals surface area contributed by atoms with Crippen molar-refractivity contribution in [2.24, 2.45) is 0 Å². The highest BCUT2D eigenvalue weighted by Gasteiger charge is 2.48. The van der Waals surface area contributed by atoms with Crippen LogP contribution in [0.3, 0.4) is 0 Å². The lowest BCUT2D eigenvalue weighted by Gasteiger charge is -2.09. The van der Waals surface area contributed by atoms with Crippen LogP contribution in [-0.4, -0.2) is 18.9 Å². The predicted molar refractivity (Wildman–Crippen MR) is 49.3 cm³/mol. The summed E-state index contributed by atoms with van der Waals surface area (Å²) in [5, 5.41) is 0. The molecule has 0 aliphatic carbocycles. The zero-order valence-corrected chi connectivity index (χ0v) is 9.19. The molecule has 16 heavy (non-hydrogen) atoms. The fourth-order valence-corrected chi connectivity index (χ4v) is 1.23. The van der Waals surface area contributed by atoms with E-state index in [0.717, 1.165) is 11.6 Å². The number of alkyl halides is 3. The van der Waals surface area contributed by atoms with Crippen molar-refractivity contribution in [1.29, 1.82) is 0 Å². The van der Waals surface area contributed by atoms with Crippen molar-refractivity contribution in [3.05, 3.63) is 23.4 Å². The fraction of sp³-hybridized carbons (Fsp3) is 0.375. The Bertz CT molecular complexity index is 496. The summed E-state index contributed by atoms with van der Waals surface area (Å²) in [4.78, 5) is 3.57. The second-order valence-corrected chi connectivity index (χ2v) is 4.57. The summed E-state index contributed by atoms with van der Waals surface area (Å²) in [6, 6.07) is 2.48. The highest BCUT2D eigenvalue weighted by atomic mass is 32.2. The van der Waals surface area contributed by atoms with Gasteiger partial charge in [-0.3, -0.25) is 0 Å². The van der Waals surface area contributed by atoms with E-state index in [1.165, 1.54) is 13.0 Å². The maximum Gasteiger partial charge on any atom is 0.534 e. The third kappa shape index (κ3) is 2.63. The second-order valence-electron chi connectivity index (χ2n) is 3.03. The Labute approximate surface area is 90.2 Å². The summed E-state index contributed by atoms with van der Waals surface area (Å²) in [6.07, 6.45) is 0. The van der Waals surface area contributed by atoms with Gasteiger partial charge in [0.2, 0.25) is 5.88 Å². The molecule has 0 saturated heterocycles. The number of pyridine rings is 1. The monoisotopic (exact) mass is 255 g/mol. The van der Waals surface area contributed by atoms with Crippen molar-refractivity contribution in [3.8, 4) is 5.88 Å². The van der Waals surface area contributed by atoms with Gasteiger partial charge in [-0.1, -0.05) is 6.07 Å². The normalized spacial score (nSPS) is 12.6. The fourth-order valence-electron chi connectivity index (χ4n) is 0.814. The van der Waals surface area contributed by atoms with Crippen molar-refractivity contribution >= 4 is 10.1 Å². The van der Waals surface area contributed by atoms with Gasteiger partial charge < -0.3 is 4.18 Å². The van der Waals surface area contributed by atoms with E-state index in [-0.39, 0.29) is 0 Å².